The molecule has 0 unspecified atom stereocenters. The SMILES string of the molecule is N[C@@H](Cc1ccc(O)c(O)c1)C(=O)N1CSC[C@H]1C(=O)O. The lowest BCUT2D eigenvalue weighted by Crippen LogP contribution is -2.49. The van der Waals surface area contributed by atoms with Gasteiger partial charge in [-0.05, 0) is 24.1 Å². The first kappa shape index (κ1) is 15.5. The monoisotopic (exact) mass is 312 g/mol. The number of phenols is 2. The van der Waals surface area contributed by atoms with Gasteiger partial charge in [0, 0.05) is 5.75 Å². The average molecular weight is 312 g/mol. The molecule has 1 heterocycles. The third-order valence-electron chi connectivity index (χ3n) is 3.26. The molecule has 8 heteroatoms. The quantitative estimate of drug-likeness (QED) is 0.575. The van der Waals surface area contributed by atoms with E-state index in [1.165, 1.54) is 28.8 Å². The summed E-state index contributed by atoms with van der Waals surface area (Å²) >= 11 is 1.37. The van der Waals surface area contributed by atoms with Crippen molar-refractivity contribution in [1.29, 1.82) is 0 Å². The molecule has 1 aliphatic rings. The Bertz CT molecular complexity index is 565. The van der Waals surface area contributed by atoms with E-state index in [1.807, 2.05) is 0 Å². The number of nitrogens with two attached hydrogens (primary N) is 1. The number of carbonyl (C=O) groups excluding carboxylic acids is 1. The Hall–Kier alpha value is -1.93. The van der Waals surface area contributed by atoms with E-state index in [0.29, 0.717) is 17.2 Å². The molecule has 1 amide bonds. The largest absolute Gasteiger partial charge is 0.504 e. The van der Waals surface area contributed by atoms with Crippen molar-refractivity contribution >= 4 is 23.6 Å². The van der Waals surface area contributed by atoms with E-state index in [9.17, 15) is 19.8 Å². The summed E-state index contributed by atoms with van der Waals surface area (Å²) < 4.78 is 0. The Kier molecular flexibility index (Phi) is 4.59. The van der Waals surface area contributed by atoms with Crippen LogP contribution in [0, 0.1) is 0 Å². The number of hydrogen-bond acceptors (Lipinski definition) is 6. The highest BCUT2D eigenvalue weighted by atomic mass is 32.2. The molecule has 0 bridgehead atoms. The summed E-state index contributed by atoms with van der Waals surface area (Å²) in [4.78, 5) is 24.6. The number of nitrogens with zero attached hydrogens (tertiary/aromatic N) is 1. The van der Waals surface area contributed by atoms with Crippen molar-refractivity contribution in [1.82, 2.24) is 4.90 Å². The van der Waals surface area contributed by atoms with Crippen LogP contribution in [0.3, 0.4) is 0 Å². The fraction of sp³-hybridized carbons (Fsp3) is 0.385. The van der Waals surface area contributed by atoms with Gasteiger partial charge in [0.25, 0.3) is 0 Å². The predicted molar refractivity (Wildman–Crippen MR) is 77.0 cm³/mol. The molecule has 114 valence electrons. The van der Waals surface area contributed by atoms with Crippen molar-refractivity contribution in [3.63, 3.8) is 0 Å². The van der Waals surface area contributed by atoms with Crippen LogP contribution >= 0.6 is 11.8 Å². The second-order valence-electron chi connectivity index (χ2n) is 4.80. The molecule has 1 aliphatic heterocycles. The minimum absolute atomic E-state index is 0.153. The lowest BCUT2D eigenvalue weighted by atomic mass is 10.0. The number of thioether (sulfide) groups is 1. The Morgan fingerprint density at radius 1 is 1.38 bits per heavy atom. The number of aromatic hydroxyl groups is 2. The molecule has 5 N–H and O–H groups in total. The standard InChI is InChI=1S/C13H16N2O5S/c14-8(3-7-1-2-10(16)11(17)4-7)12(18)15-6-21-5-9(15)13(19)20/h1-2,4,8-9,16-17H,3,5-6,14H2,(H,19,20)/t8-,9-/m0/s1. The minimum atomic E-state index is -1.04. The molecule has 1 saturated heterocycles. The lowest BCUT2D eigenvalue weighted by molar-refractivity contribution is -0.148. The van der Waals surface area contributed by atoms with Gasteiger partial charge in [-0.25, -0.2) is 4.79 Å². The van der Waals surface area contributed by atoms with E-state index in [1.54, 1.807) is 6.07 Å². The van der Waals surface area contributed by atoms with Crippen LogP contribution in [-0.2, 0) is 16.0 Å². The van der Waals surface area contributed by atoms with E-state index in [2.05, 4.69) is 0 Å². The van der Waals surface area contributed by atoms with E-state index in [-0.39, 0.29) is 17.9 Å². The third kappa shape index (κ3) is 3.40. The van der Waals surface area contributed by atoms with Gasteiger partial charge in [0.1, 0.15) is 6.04 Å². The number of amides is 1. The van der Waals surface area contributed by atoms with Gasteiger partial charge >= 0.3 is 5.97 Å². The van der Waals surface area contributed by atoms with Crippen LogP contribution < -0.4 is 5.73 Å². The van der Waals surface area contributed by atoms with Gasteiger partial charge in [-0.3, -0.25) is 4.79 Å². The Labute approximate surface area is 125 Å². The van der Waals surface area contributed by atoms with Crippen molar-refractivity contribution in [3.8, 4) is 11.5 Å². The molecule has 0 aliphatic carbocycles. The van der Waals surface area contributed by atoms with Gasteiger partial charge in [0.15, 0.2) is 11.5 Å². The molecule has 1 aromatic rings. The van der Waals surface area contributed by atoms with Crippen molar-refractivity contribution in [2.75, 3.05) is 11.6 Å². The number of rotatable bonds is 4. The molecule has 7 nitrogen and oxygen atoms in total. The van der Waals surface area contributed by atoms with E-state index >= 15 is 0 Å². The number of benzene rings is 1. The molecule has 0 aromatic heterocycles. The zero-order chi connectivity index (χ0) is 15.6. The van der Waals surface area contributed by atoms with Crippen molar-refractivity contribution in [3.05, 3.63) is 23.8 Å². The van der Waals surface area contributed by atoms with E-state index in [4.69, 9.17) is 10.8 Å². The summed E-state index contributed by atoms with van der Waals surface area (Å²) in [6, 6.07) is 2.45. The number of phenolic OH excluding ortho intramolecular Hbond substituents is 2. The smallest absolute Gasteiger partial charge is 0.327 e. The lowest BCUT2D eigenvalue weighted by Gasteiger charge is -2.24. The fourth-order valence-electron chi connectivity index (χ4n) is 2.11. The molecule has 21 heavy (non-hydrogen) atoms. The molecule has 0 spiro atoms. The zero-order valence-corrected chi connectivity index (χ0v) is 11.9. The molecule has 2 atom stereocenters. The molecule has 0 radical (unpaired) electrons. The van der Waals surface area contributed by atoms with E-state index in [0.717, 1.165) is 0 Å². The van der Waals surface area contributed by atoms with Crippen LogP contribution in [0.2, 0.25) is 0 Å². The maximum Gasteiger partial charge on any atom is 0.327 e. The number of carboxylic acid groups (broad SMARTS) is 1. The topological polar surface area (TPSA) is 124 Å². The second kappa shape index (κ2) is 6.23. The molecule has 2 rings (SSSR count). The van der Waals surface area contributed by atoms with Gasteiger partial charge in [-0.15, -0.1) is 11.8 Å². The number of hydrogen-bond donors (Lipinski definition) is 4. The molecule has 1 fully saturated rings. The molecule has 0 saturated carbocycles. The van der Waals surface area contributed by atoms with Crippen LogP contribution in [-0.4, -0.2) is 55.8 Å². The number of carbonyl (C=O) groups is 2. The van der Waals surface area contributed by atoms with Crippen LogP contribution in [0.1, 0.15) is 5.56 Å². The number of aliphatic carboxylic acids is 1. The number of carboxylic acids is 1. The van der Waals surface area contributed by atoms with Gasteiger partial charge in [-0.2, -0.15) is 0 Å². The van der Waals surface area contributed by atoms with Crippen LogP contribution in [0.15, 0.2) is 18.2 Å². The van der Waals surface area contributed by atoms with E-state index < -0.39 is 24.0 Å². The fourth-order valence-corrected chi connectivity index (χ4v) is 3.27. The normalized spacial score (nSPS) is 19.5. The third-order valence-corrected chi connectivity index (χ3v) is 4.28. The summed E-state index contributed by atoms with van der Waals surface area (Å²) in [5.74, 6) is -1.34. The first-order valence-electron chi connectivity index (χ1n) is 6.27. The van der Waals surface area contributed by atoms with Crippen LogP contribution in [0.5, 0.6) is 11.5 Å². The molecule has 1 aromatic carbocycles. The maximum absolute atomic E-state index is 12.2. The van der Waals surface area contributed by atoms with Crippen LogP contribution in [0.25, 0.3) is 0 Å². The van der Waals surface area contributed by atoms with Crippen molar-refractivity contribution in [2.45, 2.75) is 18.5 Å². The summed E-state index contributed by atoms with van der Waals surface area (Å²) in [5.41, 5.74) is 6.43. The van der Waals surface area contributed by atoms with Crippen LogP contribution in [0.4, 0.5) is 0 Å². The van der Waals surface area contributed by atoms with Gasteiger partial charge in [0.05, 0.1) is 11.9 Å². The minimum Gasteiger partial charge on any atom is -0.504 e. The highest BCUT2D eigenvalue weighted by molar-refractivity contribution is 7.99. The summed E-state index contributed by atoms with van der Waals surface area (Å²) in [5, 5.41) is 27.7. The predicted octanol–water partition coefficient (Wildman–Crippen LogP) is -0.0463. The first-order chi connectivity index (χ1) is 9.90. The van der Waals surface area contributed by atoms with Gasteiger partial charge < -0.3 is 26.0 Å². The maximum atomic E-state index is 12.2. The summed E-state index contributed by atoms with van der Waals surface area (Å²) in [6.07, 6.45) is 0.153. The van der Waals surface area contributed by atoms with Gasteiger partial charge in [-0.1, -0.05) is 6.07 Å². The Morgan fingerprint density at radius 3 is 2.71 bits per heavy atom. The molecular weight excluding hydrogens is 296 g/mol. The second-order valence-corrected chi connectivity index (χ2v) is 5.80. The highest BCUT2D eigenvalue weighted by Crippen LogP contribution is 2.26. The van der Waals surface area contributed by atoms with Crippen molar-refractivity contribution < 1.29 is 24.9 Å². The summed E-state index contributed by atoms with van der Waals surface area (Å²) in [7, 11) is 0. The summed E-state index contributed by atoms with van der Waals surface area (Å²) in [6.45, 7) is 0. The average Bonchev–Trinajstić information content (AvgIpc) is 2.91. The Morgan fingerprint density at radius 2 is 2.10 bits per heavy atom. The highest BCUT2D eigenvalue weighted by Gasteiger charge is 2.36. The van der Waals surface area contributed by atoms with Crippen molar-refractivity contribution in [2.24, 2.45) is 5.73 Å². The molecular formula is C13H16N2O5S. The Balaban J connectivity index is 2.05. The zero-order valence-electron chi connectivity index (χ0n) is 11.1. The van der Waals surface area contributed by atoms with Gasteiger partial charge in [0.2, 0.25) is 5.91 Å². The first-order valence-corrected chi connectivity index (χ1v) is 7.43.